The summed E-state index contributed by atoms with van der Waals surface area (Å²) in [5.74, 6) is -7.87. The van der Waals surface area contributed by atoms with E-state index in [1.54, 1.807) is 88.5 Å². The molecule has 2 heterocycles. The van der Waals surface area contributed by atoms with Crippen molar-refractivity contribution in [1.82, 2.24) is 42.2 Å². The summed E-state index contributed by atoms with van der Waals surface area (Å²) in [5.41, 5.74) is 15.6. The van der Waals surface area contributed by atoms with Gasteiger partial charge in [-0.15, -0.1) is 0 Å². The Morgan fingerprint density at radius 2 is 1.27 bits per heavy atom. The highest BCUT2D eigenvalue weighted by molar-refractivity contribution is 8.77. The van der Waals surface area contributed by atoms with E-state index < -0.39 is 106 Å². The molecule has 8 atom stereocenters. The van der Waals surface area contributed by atoms with Crippen molar-refractivity contribution >= 4 is 91.4 Å². The van der Waals surface area contributed by atoms with E-state index in [4.69, 9.17) is 23.1 Å². The van der Waals surface area contributed by atoms with Crippen LogP contribution in [0.15, 0.2) is 109 Å². The van der Waals surface area contributed by atoms with E-state index in [2.05, 4.69) is 42.2 Å². The molecule has 23 heteroatoms. The molecule has 5 aromatic rings. The highest BCUT2D eigenvalue weighted by Crippen LogP contribution is 2.39. The minimum absolute atomic E-state index is 0.0149. The van der Waals surface area contributed by atoms with Gasteiger partial charge in [-0.25, -0.2) is 4.79 Å². The second kappa shape index (κ2) is 28.7. The fourth-order valence-corrected chi connectivity index (χ4v) is 11.8. The van der Waals surface area contributed by atoms with Crippen LogP contribution in [0.1, 0.15) is 62.8 Å². The van der Waals surface area contributed by atoms with Crippen LogP contribution in [0.5, 0.6) is 5.75 Å². The smallest absolute Gasteiger partial charge is 0.326 e. The molecule has 7 amide bonds. The minimum Gasteiger partial charge on any atom is -0.508 e. The first-order valence-electron chi connectivity index (χ1n) is 25.8. The summed E-state index contributed by atoms with van der Waals surface area (Å²) in [6.45, 7) is 6.61. The van der Waals surface area contributed by atoms with Crippen molar-refractivity contribution in [3.63, 3.8) is 0 Å². The van der Waals surface area contributed by atoms with Gasteiger partial charge in [0.25, 0.3) is 0 Å². The highest BCUT2D eigenvalue weighted by atomic mass is 35.5. The first-order chi connectivity index (χ1) is 37.6. The molecule has 79 heavy (non-hydrogen) atoms. The molecule has 6 rings (SSSR count). The molecule has 0 bridgehead atoms. The van der Waals surface area contributed by atoms with Crippen molar-refractivity contribution in [2.24, 2.45) is 17.4 Å². The number of fused-ring (bicyclic) bond motifs is 1. The molecule has 0 unspecified atom stereocenters. The normalized spacial score (nSPS) is 21.5. The van der Waals surface area contributed by atoms with E-state index in [9.17, 15) is 43.8 Å². The Bertz CT molecular complexity index is 2930. The third-order valence-electron chi connectivity index (χ3n) is 13.3. The van der Waals surface area contributed by atoms with E-state index in [0.717, 1.165) is 32.5 Å². The maximum Gasteiger partial charge on any atom is 0.326 e. The van der Waals surface area contributed by atoms with Crippen molar-refractivity contribution < 1.29 is 48.6 Å². The monoisotopic (exact) mass is 1140 g/mol. The first-order valence-corrected chi connectivity index (χ1v) is 28.5. The zero-order valence-electron chi connectivity index (χ0n) is 44.3. The lowest BCUT2D eigenvalue weighted by molar-refractivity contribution is -0.143. The fourth-order valence-electron chi connectivity index (χ4n) is 8.82. The Kier molecular flexibility index (Phi) is 22.2. The van der Waals surface area contributed by atoms with Crippen LogP contribution in [0.25, 0.3) is 10.9 Å². The molecule has 4 aromatic carbocycles. The molecular weight excluding hydrogens is 1070 g/mol. The zero-order chi connectivity index (χ0) is 57.4. The molecule has 422 valence electrons. The van der Waals surface area contributed by atoms with Gasteiger partial charge in [0, 0.05) is 51.9 Å². The number of carbonyl (C=O) groups is 8. The summed E-state index contributed by atoms with van der Waals surface area (Å²) in [6.07, 6.45) is 1.63. The van der Waals surface area contributed by atoms with Gasteiger partial charge in [0.05, 0.1) is 6.04 Å². The lowest BCUT2D eigenvalue weighted by Crippen LogP contribution is -2.63. The van der Waals surface area contributed by atoms with Gasteiger partial charge in [0.15, 0.2) is 0 Å². The number of carboxylic acid groups (broad SMARTS) is 1. The van der Waals surface area contributed by atoms with Crippen LogP contribution >= 0.6 is 33.2 Å². The average molecular weight is 1140 g/mol. The van der Waals surface area contributed by atoms with Gasteiger partial charge < -0.3 is 63.9 Å². The van der Waals surface area contributed by atoms with Crippen LogP contribution in [0.2, 0.25) is 5.02 Å². The van der Waals surface area contributed by atoms with Crippen LogP contribution in [0.3, 0.4) is 0 Å². The zero-order valence-corrected chi connectivity index (χ0v) is 46.6. The summed E-state index contributed by atoms with van der Waals surface area (Å²) in [7, 11) is 2.08. The number of aromatic amines is 1. The van der Waals surface area contributed by atoms with Crippen molar-refractivity contribution in [1.29, 1.82) is 0 Å². The number of para-hydroxylation sites is 1. The third kappa shape index (κ3) is 17.7. The third-order valence-corrected chi connectivity index (χ3v) is 16.9. The lowest BCUT2D eigenvalue weighted by atomic mass is 9.98. The molecule has 20 nitrogen and oxygen atoms in total. The molecule has 1 fully saturated rings. The molecule has 0 radical (unpaired) electrons. The molecule has 1 aliphatic rings. The lowest BCUT2D eigenvalue weighted by Gasteiger charge is -2.35. The number of phenols is 1. The van der Waals surface area contributed by atoms with E-state index in [0.29, 0.717) is 27.3 Å². The topological polar surface area (TPSA) is 329 Å². The quantitative estimate of drug-likeness (QED) is 0.0596. The molecule has 14 N–H and O–H groups in total. The number of carboxylic acids is 1. The van der Waals surface area contributed by atoms with Gasteiger partial charge in [-0.3, -0.25) is 33.6 Å². The van der Waals surface area contributed by atoms with Crippen molar-refractivity contribution in [3.8, 4) is 5.75 Å². The summed E-state index contributed by atoms with van der Waals surface area (Å²) >= 11 is 6.12. The van der Waals surface area contributed by atoms with Crippen molar-refractivity contribution in [3.05, 3.63) is 137 Å². The number of H-pyrrole nitrogens is 1. The number of nitrogens with one attached hydrogen (secondary N) is 8. The number of phenolic OH excluding ortho intramolecular Hbond substituents is 1. The van der Waals surface area contributed by atoms with Crippen LogP contribution in [-0.4, -0.2) is 128 Å². The Balaban J connectivity index is 1.46. The Labute approximate surface area is 471 Å². The summed E-state index contributed by atoms with van der Waals surface area (Å²) in [5, 5.41) is 40.8. The Morgan fingerprint density at radius 1 is 0.722 bits per heavy atom. The van der Waals surface area contributed by atoms with Gasteiger partial charge in [-0.05, 0) is 98.2 Å². The number of amides is 7. The predicted octanol–water partition coefficient (Wildman–Crippen LogP) is 3.17. The maximum absolute atomic E-state index is 15.1. The Morgan fingerprint density at radius 3 is 1.89 bits per heavy atom. The average Bonchev–Trinajstić information content (AvgIpc) is 3.86. The molecule has 0 aliphatic carbocycles. The van der Waals surface area contributed by atoms with E-state index in [1.807, 2.05) is 24.3 Å². The van der Waals surface area contributed by atoms with Gasteiger partial charge in [0.1, 0.15) is 48.0 Å². The standard InChI is InChI=1S/C56H69ClN10O10S2/c1-31(2)46(55(76)77)66-53(74)45-30-78-79-56(3,4)47(67-48(69)39(59)25-33-16-20-36(57)21-17-33)54(75)64-43(26-32-11-6-5-7-12-32)50(71)63-44(28-35-29-60-40-14-9-8-13-38(35)40)52(73)61-41(15-10-24-58)49(70)62-42(51(72)65-45)27-34-18-22-37(68)23-19-34/h5-9,11-14,16-23,29,31,39,41-47,60,68H,10,15,24-28,30,58-59H2,1-4H3,(H,61,73)(H,62,70)(H,63,71)(H,64,75)(H,65,72)(H,66,74)(H,67,69)(H,76,77)/t39-,41-,42-,43-,44+,45-,46-,47+/m0/s1. The summed E-state index contributed by atoms with van der Waals surface area (Å²) in [6, 6.07) is 17.8. The molecule has 0 saturated carbocycles. The predicted molar refractivity (Wildman–Crippen MR) is 305 cm³/mol. The number of nitrogens with two attached hydrogens (primary N) is 2. The number of hydrogen-bond acceptors (Lipinski definition) is 13. The second-order valence-corrected chi connectivity index (χ2v) is 23.7. The van der Waals surface area contributed by atoms with Gasteiger partial charge in [0.2, 0.25) is 41.4 Å². The van der Waals surface area contributed by atoms with Crippen LogP contribution in [0.4, 0.5) is 0 Å². The summed E-state index contributed by atoms with van der Waals surface area (Å²) < 4.78 is -1.32. The van der Waals surface area contributed by atoms with Gasteiger partial charge in [-0.1, -0.05) is 120 Å². The largest absolute Gasteiger partial charge is 0.508 e. The minimum atomic E-state index is -1.47. The summed E-state index contributed by atoms with van der Waals surface area (Å²) in [4.78, 5) is 118. The molecule has 0 spiro atoms. The fraction of sp³-hybridized carbons (Fsp3) is 0.393. The number of carbonyl (C=O) groups excluding carboxylic acids is 7. The molecule has 1 aromatic heterocycles. The van der Waals surface area contributed by atoms with Crippen LogP contribution in [-0.2, 0) is 64.0 Å². The highest BCUT2D eigenvalue weighted by Gasteiger charge is 2.42. The molecule has 1 aliphatic heterocycles. The number of hydrogen-bond donors (Lipinski definition) is 12. The number of halogens is 1. The number of rotatable bonds is 17. The van der Waals surface area contributed by atoms with Crippen molar-refractivity contribution in [2.75, 3.05) is 12.3 Å². The number of aromatic nitrogens is 1. The number of aromatic hydroxyl groups is 1. The number of aliphatic carboxylic acids is 1. The van der Waals surface area contributed by atoms with Crippen molar-refractivity contribution in [2.45, 2.75) is 119 Å². The van der Waals surface area contributed by atoms with E-state index in [1.165, 1.54) is 24.3 Å². The first kappa shape index (κ1) is 61.1. The second-order valence-electron chi connectivity index (χ2n) is 20.3. The molecular formula is C56H69ClN10O10S2. The molecule has 1 saturated heterocycles. The van der Waals surface area contributed by atoms with E-state index in [-0.39, 0.29) is 56.6 Å². The van der Waals surface area contributed by atoms with Gasteiger partial charge >= 0.3 is 5.97 Å². The Hall–Kier alpha value is -7.11. The van der Waals surface area contributed by atoms with Crippen LogP contribution in [0, 0.1) is 5.92 Å². The van der Waals surface area contributed by atoms with Crippen LogP contribution < -0.4 is 48.7 Å². The van der Waals surface area contributed by atoms with E-state index >= 15 is 4.79 Å². The SMILES string of the molecule is CC(C)[C@H](NC(=O)[C@@H]1CSSC(C)(C)[C@H](NC(=O)[C@@H](N)Cc2ccc(Cl)cc2)C(=O)N[C@@H](Cc2ccccc2)C(=O)N[C@H](Cc2c[nH]c3ccccc23)C(=O)N[C@@H](CCCN)C(=O)N[C@@H](Cc2ccc(O)cc2)C(=O)N1)C(=O)O. The van der Waals surface area contributed by atoms with Gasteiger partial charge in [-0.2, -0.15) is 0 Å². The maximum atomic E-state index is 15.1. The number of benzene rings is 4.